The number of nitrogens with one attached hydrogen (secondary N) is 1. The SMILES string of the molecule is COc1cccc(NC[C@@H](C)O)c1. The largest absolute Gasteiger partial charge is 0.497 e. The van der Waals surface area contributed by atoms with E-state index in [2.05, 4.69) is 5.32 Å². The van der Waals surface area contributed by atoms with Crippen LogP contribution in [0.15, 0.2) is 24.3 Å². The molecule has 0 bridgehead atoms. The summed E-state index contributed by atoms with van der Waals surface area (Å²) in [4.78, 5) is 0. The van der Waals surface area contributed by atoms with Crippen LogP contribution in [0.5, 0.6) is 5.75 Å². The molecule has 0 aromatic heterocycles. The van der Waals surface area contributed by atoms with E-state index in [-0.39, 0.29) is 6.10 Å². The first-order valence-corrected chi connectivity index (χ1v) is 4.28. The minimum Gasteiger partial charge on any atom is -0.497 e. The number of hydrogen-bond donors (Lipinski definition) is 2. The van der Waals surface area contributed by atoms with Gasteiger partial charge in [-0.1, -0.05) is 6.07 Å². The van der Waals surface area contributed by atoms with Gasteiger partial charge >= 0.3 is 0 Å². The molecule has 1 rings (SSSR count). The van der Waals surface area contributed by atoms with Gasteiger partial charge in [0.1, 0.15) is 5.75 Å². The monoisotopic (exact) mass is 181 g/mol. The zero-order valence-corrected chi connectivity index (χ0v) is 7.95. The highest BCUT2D eigenvalue weighted by molar-refractivity contribution is 5.48. The molecule has 0 aliphatic heterocycles. The summed E-state index contributed by atoms with van der Waals surface area (Å²) in [6, 6.07) is 7.62. The molecule has 1 aromatic rings. The number of benzene rings is 1. The number of aliphatic hydroxyl groups excluding tert-OH is 1. The summed E-state index contributed by atoms with van der Waals surface area (Å²) in [6.07, 6.45) is -0.341. The molecule has 3 nitrogen and oxygen atoms in total. The van der Waals surface area contributed by atoms with Gasteiger partial charge in [-0.2, -0.15) is 0 Å². The van der Waals surface area contributed by atoms with Crippen molar-refractivity contribution in [3.05, 3.63) is 24.3 Å². The molecule has 72 valence electrons. The molecule has 0 fully saturated rings. The van der Waals surface area contributed by atoms with E-state index in [0.717, 1.165) is 11.4 Å². The van der Waals surface area contributed by atoms with Gasteiger partial charge in [0.2, 0.25) is 0 Å². The third-order valence-electron chi connectivity index (χ3n) is 1.67. The van der Waals surface area contributed by atoms with Gasteiger partial charge in [0.05, 0.1) is 13.2 Å². The van der Waals surface area contributed by atoms with Crippen LogP contribution in [0.1, 0.15) is 6.92 Å². The maximum Gasteiger partial charge on any atom is 0.120 e. The van der Waals surface area contributed by atoms with E-state index in [1.807, 2.05) is 24.3 Å². The van der Waals surface area contributed by atoms with E-state index in [4.69, 9.17) is 9.84 Å². The van der Waals surface area contributed by atoms with Gasteiger partial charge in [0.15, 0.2) is 0 Å². The summed E-state index contributed by atoms with van der Waals surface area (Å²) in [5.74, 6) is 0.815. The second kappa shape index (κ2) is 4.72. The maximum atomic E-state index is 9.05. The van der Waals surface area contributed by atoms with Crippen LogP contribution in [0.2, 0.25) is 0 Å². The molecule has 0 aliphatic rings. The number of hydrogen-bond acceptors (Lipinski definition) is 3. The van der Waals surface area contributed by atoms with Gasteiger partial charge in [-0.3, -0.25) is 0 Å². The molecule has 0 unspecified atom stereocenters. The summed E-state index contributed by atoms with van der Waals surface area (Å²) in [7, 11) is 1.63. The Morgan fingerprint density at radius 1 is 1.54 bits per heavy atom. The van der Waals surface area contributed by atoms with Crippen molar-refractivity contribution in [2.45, 2.75) is 13.0 Å². The van der Waals surface area contributed by atoms with Crippen LogP contribution in [0.25, 0.3) is 0 Å². The fourth-order valence-electron chi connectivity index (χ4n) is 0.999. The summed E-state index contributed by atoms with van der Waals surface area (Å²) < 4.78 is 5.06. The van der Waals surface area contributed by atoms with E-state index in [1.54, 1.807) is 14.0 Å². The first kappa shape index (κ1) is 9.86. The van der Waals surface area contributed by atoms with Crippen LogP contribution in [0.3, 0.4) is 0 Å². The van der Waals surface area contributed by atoms with Crippen LogP contribution >= 0.6 is 0 Å². The molecular formula is C10H15NO2. The second-order valence-corrected chi connectivity index (χ2v) is 2.96. The Morgan fingerprint density at radius 2 is 2.31 bits per heavy atom. The predicted molar refractivity (Wildman–Crippen MR) is 53.2 cm³/mol. The highest BCUT2D eigenvalue weighted by Gasteiger charge is 1.97. The molecule has 0 aliphatic carbocycles. The molecular weight excluding hydrogens is 166 g/mol. The Bertz CT molecular complexity index is 261. The van der Waals surface area contributed by atoms with E-state index < -0.39 is 0 Å². The number of methoxy groups -OCH3 is 1. The Balaban J connectivity index is 2.56. The lowest BCUT2D eigenvalue weighted by molar-refractivity contribution is 0.208. The van der Waals surface area contributed by atoms with Gasteiger partial charge in [0, 0.05) is 18.3 Å². The van der Waals surface area contributed by atoms with Crippen molar-refractivity contribution < 1.29 is 9.84 Å². The number of anilines is 1. The normalized spacial score (nSPS) is 12.2. The Hall–Kier alpha value is -1.22. The summed E-state index contributed by atoms with van der Waals surface area (Å²) in [5.41, 5.74) is 0.959. The molecule has 0 saturated heterocycles. The predicted octanol–water partition coefficient (Wildman–Crippen LogP) is 1.49. The van der Waals surface area contributed by atoms with Gasteiger partial charge in [-0.25, -0.2) is 0 Å². The summed E-state index contributed by atoms with van der Waals surface area (Å²) >= 11 is 0. The van der Waals surface area contributed by atoms with Gasteiger partial charge in [-0.15, -0.1) is 0 Å². The van der Waals surface area contributed by atoms with Crippen LogP contribution in [-0.2, 0) is 0 Å². The molecule has 0 spiro atoms. The maximum absolute atomic E-state index is 9.05. The first-order valence-electron chi connectivity index (χ1n) is 4.28. The van der Waals surface area contributed by atoms with Crippen LogP contribution in [0.4, 0.5) is 5.69 Å². The van der Waals surface area contributed by atoms with Crippen molar-refractivity contribution in [3.8, 4) is 5.75 Å². The average molecular weight is 181 g/mol. The van der Waals surface area contributed by atoms with Gasteiger partial charge < -0.3 is 15.2 Å². The van der Waals surface area contributed by atoms with Crippen LogP contribution in [-0.4, -0.2) is 24.9 Å². The van der Waals surface area contributed by atoms with E-state index in [9.17, 15) is 0 Å². The summed E-state index contributed by atoms with van der Waals surface area (Å²) in [5, 5.41) is 12.1. The number of aliphatic hydroxyl groups is 1. The van der Waals surface area contributed by atoms with E-state index in [0.29, 0.717) is 6.54 Å². The fraction of sp³-hybridized carbons (Fsp3) is 0.400. The van der Waals surface area contributed by atoms with Gasteiger partial charge in [-0.05, 0) is 19.1 Å². The van der Waals surface area contributed by atoms with Crippen LogP contribution in [0, 0.1) is 0 Å². The molecule has 0 heterocycles. The summed E-state index contributed by atoms with van der Waals surface area (Å²) in [6.45, 7) is 2.29. The minimum absolute atomic E-state index is 0.341. The van der Waals surface area contributed by atoms with Crippen molar-refractivity contribution in [3.63, 3.8) is 0 Å². The number of rotatable bonds is 4. The van der Waals surface area contributed by atoms with Crippen LogP contribution < -0.4 is 10.1 Å². The molecule has 13 heavy (non-hydrogen) atoms. The van der Waals surface area contributed by atoms with Crippen molar-refractivity contribution in [1.29, 1.82) is 0 Å². The lowest BCUT2D eigenvalue weighted by Crippen LogP contribution is -2.15. The number of ether oxygens (including phenoxy) is 1. The molecule has 0 saturated carbocycles. The third kappa shape index (κ3) is 3.34. The quantitative estimate of drug-likeness (QED) is 0.739. The minimum atomic E-state index is -0.341. The molecule has 3 heteroatoms. The third-order valence-corrected chi connectivity index (χ3v) is 1.67. The Labute approximate surface area is 78.3 Å². The highest BCUT2D eigenvalue weighted by Crippen LogP contribution is 2.16. The topological polar surface area (TPSA) is 41.5 Å². The fourth-order valence-corrected chi connectivity index (χ4v) is 0.999. The molecule has 2 N–H and O–H groups in total. The lowest BCUT2D eigenvalue weighted by atomic mass is 10.3. The molecule has 1 atom stereocenters. The first-order chi connectivity index (χ1) is 6.22. The lowest BCUT2D eigenvalue weighted by Gasteiger charge is -2.09. The average Bonchev–Trinajstić information content (AvgIpc) is 2.15. The van der Waals surface area contributed by atoms with E-state index in [1.165, 1.54) is 0 Å². The van der Waals surface area contributed by atoms with Gasteiger partial charge in [0.25, 0.3) is 0 Å². The Kier molecular flexibility index (Phi) is 3.58. The Morgan fingerprint density at radius 3 is 2.92 bits per heavy atom. The second-order valence-electron chi connectivity index (χ2n) is 2.96. The standard InChI is InChI=1S/C10H15NO2/c1-8(12)7-11-9-4-3-5-10(6-9)13-2/h3-6,8,11-12H,7H2,1-2H3/t8-/m1/s1. The zero-order chi connectivity index (χ0) is 9.68. The smallest absolute Gasteiger partial charge is 0.120 e. The molecule has 0 radical (unpaired) electrons. The highest BCUT2D eigenvalue weighted by atomic mass is 16.5. The van der Waals surface area contributed by atoms with Crippen molar-refractivity contribution in [1.82, 2.24) is 0 Å². The van der Waals surface area contributed by atoms with E-state index >= 15 is 0 Å². The van der Waals surface area contributed by atoms with Crippen molar-refractivity contribution in [2.24, 2.45) is 0 Å². The molecule has 0 amide bonds. The van der Waals surface area contributed by atoms with Crippen molar-refractivity contribution >= 4 is 5.69 Å². The molecule has 1 aromatic carbocycles. The van der Waals surface area contributed by atoms with Crippen molar-refractivity contribution in [2.75, 3.05) is 19.0 Å². The zero-order valence-electron chi connectivity index (χ0n) is 7.95.